The Bertz CT molecular complexity index is 547. The van der Waals surface area contributed by atoms with Crippen LogP contribution in [-0.4, -0.2) is 66.9 Å². The summed E-state index contributed by atoms with van der Waals surface area (Å²) in [4.78, 5) is 6.93. The molecule has 0 saturated carbocycles. The summed E-state index contributed by atoms with van der Waals surface area (Å²) in [6.45, 7) is 16.0. The molecular weight excluding hydrogens is 479 g/mol. The maximum Gasteiger partial charge on any atom is 0.191 e. The van der Waals surface area contributed by atoms with E-state index in [1.165, 1.54) is 0 Å². The number of nitrogens with zero attached hydrogens (tertiary/aromatic N) is 2. The number of aliphatic imine (C=N–C) groups is 1. The van der Waals surface area contributed by atoms with E-state index < -0.39 is 6.10 Å². The van der Waals surface area contributed by atoms with E-state index >= 15 is 0 Å². The van der Waals surface area contributed by atoms with Gasteiger partial charge in [0.2, 0.25) is 0 Å². The number of ether oxygens (including phenoxy) is 1. The molecule has 2 unspecified atom stereocenters. The highest BCUT2D eigenvalue weighted by Gasteiger charge is 2.13. The van der Waals surface area contributed by atoms with Crippen LogP contribution in [0.2, 0.25) is 0 Å². The molecule has 0 bridgehead atoms. The van der Waals surface area contributed by atoms with Gasteiger partial charge in [-0.3, -0.25) is 9.89 Å². The van der Waals surface area contributed by atoms with Crippen molar-refractivity contribution in [3.05, 3.63) is 35.9 Å². The summed E-state index contributed by atoms with van der Waals surface area (Å²) >= 11 is 0. The van der Waals surface area contributed by atoms with Crippen molar-refractivity contribution in [1.82, 2.24) is 15.5 Å². The Morgan fingerprint density at radius 3 is 2.24 bits per heavy atom. The van der Waals surface area contributed by atoms with Gasteiger partial charge in [-0.1, -0.05) is 30.3 Å². The van der Waals surface area contributed by atoms with Crippen LogP contribution < -0.4 is 10.6 Å². The van der Waals surface area contributed by atoms with Gasteiger partial charge < -0.3 is 20.5 Å². The van der Waals surface area contributed by atoms with Crippen molar-refractivity contribution in [2.24, 2.45) is 4.99 Å². The van der Waals surface area contributed by atoms with E-state index in [0.717, 1.165) is 31.2 Å². The van der Waals surface area contributed by atoms with Crippen molar-refractivity contribution < 1.29 is 9.84 Å². The Hall–Kier alpha value is -0.900. The highest BCUT2D eigenvalue weighted by atomic mass is 127. The van der Waals surface area contributed by atoms with E-state index in [0.29, 0.717) is 18.6 Å². The Labute approximate surface area is 194 Å². The van der Waals surface area contributed by atoms with E-state index in [4.69, 9.17) is 4.74 Å². The number of benzene rings is 1. The molecule has 3 N–H and O–H groups in total. The zero-order valence-corrected chi connectivity index (χ0v) is 21.2. The predicted molar refractivity (Wildman–Crippen MR) is 133 cm³/mol. The lowest BCUT2D eigenvalue weighted by Gasteiger charge is -2.30. The molecule has 0 spiro atoms. The minimum atomic E-state index is -0.635. The molecule has 1 rings (SSSR count). The monoisotopic (exact) mass is 520 g/mol. The average molecular weight is 521 g/mol. The number of halogens is 1. The molecule has 0 aliphatic heterocycles. The second-order valence-electron chi connectivity index (χ2n) is 7.61. The lowest BCUT2D eigenvalue weighted by atomic mass is 10.1. The summed E-state index contributed by atoms with van der Waals surface area (Å²) in [6, 6.07) is 11.0. The second-order valence-corrected chi connectivity index (χ2v) is 7.61. The van der Waals surface area contributed by atoms with Gasteiger partial charge in [-0.25, -0.2) is 0 Å². The summed E-state index contributed by atoms with van der Waals surface area (Å²) in [5.74, 6) is 0.727. The molecule has 0 amide bonds. The molecule has 0 aromatic heterocycles. The Morgan fingerprint density at radius 2 is 1.69 bits per heavy atom. The van der Waals surface area contributed by atoms with Crippen LogP contribution in [-0.2, 0) is 4.74 Å². The molecule has 0 heterocycles. The first-order valence-corrected chi connectivity index (χ1v) is 10.5. The van der Waals surface area contributed by atoms with Crippen LogP contribution in [0.5, 0.6) is 0 Å². The minimum absolute atomic E-state index is 0. The van der Waals surface area contributed by atoms with E-state index in [1.54, 1.807) is 0 Å². The number of aliphatic hydroxyl groups excluding tert-OH is 1. The summed E-state index contributed by atoms with van der Waals surface area (Å²) in [6.07, 6.45) is -0.686. The molecule has 6 nitrogen and oxygen atoms in total. The first-order valence-electron chi connectivity index (χ1n) is 10.5. The molecule has 0 radical (unpaired) electrons. The summed E-state index contributed by atoms with van der Waals surface area (Å²) in [7, 11) is 0. The van der Waals surface area contributed by atoms with E-state index in [1.807, 2.05) is 44.2 Å². The van der Waals surface area contributed by atoms with Crippen LogP contribution in [0.3, 0.4) is 0 Å². The first kappa shape index (κ1) is 28.1. The van der Waals surface area contributed by atoms with Crippen molar-refractivity contribution in [3.63, 3.8) is 0 Å². The van der Waals surface area contributed by atoms with Crippen LogP contribution in [0.1, 0.15) is 53.2 Å². The topological polar surface area (TPSA) is 69.1 Å². The molecule has 29 heavy (non-hydrogen) atoms. The van der Waals surface area contributed by atoms with Crippen molar-refractivity contribution in [3.8, 4) is 0 Å². The molecule has 1 aromatic carbocycles. The maximum atomic E-state index is 10.2. The van der Waals surface area contributed by atoms with Gasteiger partial charge in [0.1, 0.15) is 0 Å². The Morgan fingerprint density at radius 1 is 1.07 bits per heavy atom. The second kappa shape index (κ2) is 15.9. The van der Waals surface area contributed by atoms with Crippen LogP contribution in [0.15, 0.2) is 35.3 Å². The SMILES string of the molecule is CCNC(=NCC(O)COC(C)c1ccccc1)NCCN(C(C)C)C(C)C.I. The lowest BCUT2D eigenvalue weighted by Crippen LogP contribution is -2.45. The molecule has 168 valence electrons. The van der Waals surface area contributed by atoms with E-state index in [2.05, 4.69) is 48.2 Å². The number of rotatable bonds is 12. The third-order valence-corrected chi connectivity index (χ3v) is 4.60. The fourth-order valence-corrected chi connectivity index (χ4v) is 3.08. The number of guanidine groups is 1. The molecule has 0 fully saturated rings. The zero-order valence-electron chi connectivity index (χ0n) is 18.9. The number of hydrogen-bond donors (Lipinski definition) is 3. The standard InChI is InChI=1S/C22H40N4O2.HI/c1-7-23-22(24-13-14-26(17(2)3)18(4)5)25-15-21(27)16-28-19(6)20-11-9-8-10-12-20;/h8-12,17-19,21,27H,7,13-16H2,1-6H3,(H2,23,24,25);1H. The molecule has 0 saturated heterocycles. The van der Waals surface area contributed by atoms with Crippen LogP contribution in [0.25, 0.3) is 0 Å². The highest BCUT2D eigenvalue weighted by Crippen LogP contribution is 2.15. The third kappa shape index (κ3) is 11.8. The number of hydrogen-bond acceptors (Lipinski definition) is 4. The van der Waals surface area contributed by atoms with Crippen molar-refractivity contribution in [2.45, 2.75) is 65.8 Å². The van der Waals surface area contributed by atoms with Gasteiger partial charge >= 0.3 is 0 Å². The number of nitrogens with one attached hydrogen (secondary N) is 2. The lowest BCUT2D eigenvalue weighted by molar-refractivity contribution is 0.00111. The van der Waals surface area contributed by atoms with Crippen molar-refractivity contribution in [1.29, 1.82) is 0 Å². The molecular formula is C22H41IN4O2. The highest BCUT2D eigenvalue weighted by molar-refractivity contribution is 14.0. The van der Waals surface area contributed by atoms with Gasteiger partial charge in [0.25, 0.3) is 0 Å². The Balaban J connectivity index is 0.00000784. The summed E-state index contributed by atoms with van der Waals surface area (Å²) in [5.41, 5.74) is 1.10. The largest absolute Gasteiger partial charge is 0.389 e. The molecule has 0 aliphatic carbocycles. The molecule has 2 atom stereocenters. The first-order chi connectivity index (χ1) is 13.3. The Kier molecular flexibility index (Phi) is 15.4. The quantitative estimate of drug-likeness (QED) is 0.224. The average Bonchev–Trinajstić information content (AvgIpc) is 2.67. The fourth-order valence-electron chi connectivity index (χ4n) is 3.08. The molecule has 1 aromatic rings. The zero-order chi connectivity index (χ0) is 20.9. The third-order valence-electron chi connectivity index (χ3n) is 4.60. The summed E-state index contributed by atoms with van der Waals surface area (Å²) < 4.78 is 5.78. The summed E-state index contributed by atoms with van der Waals surface area (Å²) in [5, 5.41) is 16.8. The van der Waals surface area contributed by atoms with Gasteiger partial charge in [-0.05, 0) is 47.1 Å². The van der Waals surface area contributed by atoms with E-state index in [9.17, 15) is 5.11 Å². The minimum Gasteiger partial charge on any atom is -0.389 e. The van der Waals surface area contributed by atoms with Crippen molar-refractivity contribution in [2.75, 3.05) is 32.8 Å². The van der Waals surface area contributed by atoms with Gasteiger partial charge in [0, 0.05) is 31.7 Å². The fraction of sp³-hybridized carbons (Fsp3) is 0.682. The van der Waals surface area contributed by atoms with Crippen molar-refractivity contribution >= 4 is 29.9 Å². The number of aliphatic hydroxyl groups is 1. The van der Waals surface area contributed by atoms with Gasteiger partial charge in [-0.15, -0.1) is 24.0 Å². The van der Waals surface area contributed by atoms with Crippen LogP contribution in [0.4, 0.5) is 0 Å². The predicted octanol–water partition coefficient (Wildman–Crippen LogP) is 3.42. The normalized spacial score (nSPS) is 14.1. The molecule has 7 heteroatoms. The van der Waals surface area contributed by atoms with Gasteiger partial charge in [0.05, 0.1) is 25.4 Å². The van der Waals surface area contributed by atoms with Crippen LogP contribution in [0, 0.1) is 0 Å². The molecule has 0 aliphatic rings. The van der Waals surface area contributed by atoms with Gasteiger partial charge in [-0.2, -0.15) is 0 Å². The van der Waals surface area contributed by atoms with E-state index in [-0.39, 0.29) is 36.7 Å². The maximum absolute atomic E-state index is 10.2. The van der Waals surface area contributed by atoms with Gasteiger partial charge in [0.15, 0.2) is 5.96 Å². The van der Waals surface area contributed by atoms with Crippen LogP contribution >= 0.6 is 24.0 Å². The smallest absolute Gasteiger partial charge is 0.191 e.